The number of benzene rings is 5. The van der Waals surface area contributed by atoms with Gasteiger partial charge in [-0.05, 0) is 51.7 Å². The maximum atomic E-state index is 13.3. The lowest BCUT2D eigenvalue weighted by Crippen LogP contribution is -2.13. The first-order chi connectivity index (χ1) is 15.7. The summed E-state index contributed by atoms with van der Waals surface area (Å²) in [4.78, 5) is 13.3. The Morgan fingerprint density at radius 3 is 2.03 bits per heavy atom. The first-order valence-corrected chi connectivity index (χ1v) is 10.8. The molecule has 0 radical (unpaired) electrons. The summed E-state index contributed by atoms with van der Waals surface area (Å²) in [5.74, 6) is -0.127. The highest BCUT2D eigenvalue weighted by Crippen LogP contribution is 2.36. The van der Waals surface area contributed by atoms with Crippen LogP contribution < -0.4 is 5.32 Å². The zero-order valence-electron chi connectivity index (χ0n) is 17.3. The van der Waals surface area contributed by atoms with E-state index in [1.54, 1.807) is 0 Å². The Balaban J connectivity index is 1.56. The minimum absolute atomic E-state index is 0.127. The van der Waals surface area contributed by atoms with Crippen molar-refractivity contribution in [2.24, 2.45) is 0 Å². The Morgan fingerprint density at radius 1 is 0.594 bits per heavy atom. The summed E-state index contributed by atoms with van der Waals surface area (Å²) in [5.41, 5.74) is 5.59. The Labute approximate surface area is 192 Å². The number of carbonyl (C=O) groups is 1. The molecule has 0 bridgehead atoms. The second kappa shape index (κ2) is 8.70. The molecule has 3 heteroatoms. The molecule has 0 fully saturated rings. The number of amides is 1. The Kier molecular flexibility index (Phi) is 5.45. The predicted molar refractivity (Wildman–Crippen MR) is 134 cm³/mol. The molecule has 0 spiro atoms. The Morgan fingerprint density at radius 2 is 1.22 bits per heavy atom. The van der Waals surface area contributed by atoms with Crippen LogP contribution in [0.2, 0.25) is 5.02 Å². The number of nitrogens with one attached hydrogen (secondary N) is 1. The third-order valence-corrected chi connectivity index (χ3v) is 5.83. The maximum absolute atomic E-state index is 13.3. The van der Waals surface area contributed by atoms with Crippen molar-refractivity contribution in [3.63, 3.8) is 0 Å². The minimum Gasteiger partial charge on any atom is -0.321 e. The van der Waals surface area contributed by atoms with Crippen LogP contribution in [0.25, 0.3) is 33.0 Å². The van der Waals surface area contributed by atoms with E-state index in [0.717, 1.165) is 38.7 Å². The molecule has 0 aliphatic rings. The summed E-state index contributed by atoms with van der Waals surface area (Å²) < 4.78 is 0. The number of para-hydroxylation sites is 1. The van der Waals surface area contributed by atoms with Crippen LogP contribution >= 0.6 is 11.6 Å². The van der Waals surface area contributed by atoms with Gasteiger partial charge in [0.1, 0.15) is 0 Å². The van der Waals surface area contributed by atoms with Gasteiger partial charge in [0.25, 0.3) is 5.91 Å². The molecule has 0 unspecified atom stereocenters. The van der Waals surface area contributed by atoms with Crippen molar-refractivity contribution in [3.05, 3.63) is 126 Å². The number of halogens is 1. The number of rotatable bonds is 4. The molecule has 0 aliphatic heterocycles. The normalized spacial score (nSPS) is 10.8. The average Bonchev–Trinajstić information content (AvgIpc) is 2.84. The van der Waals surface area contributed by atoms with Crippen LogP contribution in [-0.4, -0.2) is 5.91 Å². The molecule has 0 saturated heterocycles. The molecule has 32 heavy (non-hydrogen) atoms. The third kappa shape index (κ3) is 3.89. The van der Waals surface area contributed by atoms with Crippen molar-refractivity contribution in [2.75, 3.05) is 5.32 Å². The minimum atomic E-state index is -0.127. The summed E-state index contributed by atoms with van der Waals surface area (Å²) in [6.45, 7) is 0. The van der Waals surface area contributed by atoms with Crippen LogP contribution in [0.1, 0.15) is 10.4 Å². The first kappa shape index (κ1) is 20.0. The number of hydrogen-bond acceptors (Lipinski definition) is 1. The van der Waals surface area contributed by atoms with Gasteiger partial charge >= 0.3 is 0 Å². The van der Waals surface area contributed by atoms with E-state index >= 15 is 0 Å². The van der Waals surface area contributed by atoms with E-state index < -0.39 is 0 Å². The average molecular weight is 434 g/mol. The van der Waals surface area contributed by atoms with Gasteiger partial charge in [0, 0.05) is 21.8 Å². The van der Waals surface area contributed by atoms with Crippen molar-refractivity contribution in [1.82, 2.24) is 0 Å². The molecule has 2 nitrogen and oxygen atoms in total. The Bertz CT molecular complexity index is 1420. The van der Waals surface area contributed by atoms with Crippen LogP contribution in [-0.2, 0) is 0 Å². The van der Waals surface area contributed by atoms with Gasteiger partial charge in [-0.3, -0.25) is 4.79 Å². The molecule has 1 amide bonds. The summed E-state index contributed by atoms with van der Waals surface area (Å²) in [6.07, 6.45) is 0. The highest BCUT2D eigenvalue weighted by molar-refractivity contribution is 6.30. The lowest BCUT2D eigenvalue weighted by atomic mass is 9.93. The van der Waals surface area contributed by atoms with Gasteiger partial charge < -0.3 is 5.32 Å². The smallest absolute Gasteiger partial charge is 0.256 e. The van der Waals surface area contributed by atoms with E-state index in [2.05, 4.69) is 17.4 Å². The third-order valence-electron chi connectivity index (χ3n) is 5.58. The molecule has 1 N–H and O–H groups in total. The first-order valence-electron chi connectivity index (χ1n) is 10.4. The topological polar surface area (TPSA) is 29.1 Å². The molecule has 0 saturated carbocycles. The van der Waals surface area contributed by atoms with Gasteiger partial charge in [-0.25, -0.2) is 0 Å². The largest absolute Gasteiger partial charge is 0.321 e. The number of carbonyl (C=O) groups excluding carboxylic acids is 1. The molecular weight excluding hydrogens is 414 g/mol. The van der Waals surface area contributed by atoms with E-state index in [1.807, 2.05) is 103 Å². The van der Waals surface area contributed by atoms with Crippen LogP contribution in [0.4, 0.5) is 5.69 Å². The molecule has 5 rings (SSSR count). The van der Waals surface area contributed by atoms with Gasteiger partial charge in [0.2, 0.25) is 0 Å². The standard InChI is InChI=1S/C29H20ClNO/c30-22-18-16-21(17-19-22)23-10-3-4-12-25(23)26-13-5-6-15-28(26)31-29(32)27-14-7-9-20-8-1-2-11-24(20)27/h1-19H,(H,31,32). The van der Waals surface area contributed by atoms with Crippen LogP contribution in [0.3, 0.4) is 0 Å². The second-order valence-electron chi connectivity index (χ2n) is 7.58. The molecular formula is C29H20ClNO. The van der Waals surface area contributed by atoms with Crippen molar-refractivity contribution in [1.29, 1.82) is 0 Å². The van der Waals surface area contributed by atoms with Crippen molar-refractivity contribution in [2.45, 2.75) is 0 Å². The summed E-state index contributed by atoms with van der Waals surface area (Å²) in [6, 6.07) is 37.6. The number of fused-ring (bicyclic) bond motifs is 1. The molecule has 0 aromatic heterocycles. The van der Waals surface area contributed by atoms with Gasteiger partial charge in [0.05, 0.1) is 0 Å². The lowest BCUT2D eigenvalue weighted by Gasteiger charge is -2.16. The van der Waals surface area contributed by atoms with E-state index in [0.29, 0.717) is 10.6 Å². The zero-order chi connectivity index (χ0) is 21.9. The molecule has 0 atom stereocenters. The Hall–Kier alpha value is -3.88. The molecule has 154 valence electrons. The van der Waals surface area contributed by atoms with E-state index in [9.17, 15) is 4.79 Å². The summed E-state index contributed by atoms with van der Waals surface area (Å²) >= 11 is 6.09. The van der Waals surface area contributed by atoms with Crippen molar-refractivity contribution >= 4 is 34.0 Å². The fourth-order valence-electron chi connectivity index (χ4n) is 4.04. The molecule has 0 aliphatic carbocycles. The van der Waals surface area contributed by atoms with Gasteiger partial charge in [0.15, 0.2) is 0 Å². The quantitative estimate of drug-likeness (QED) is 0.305. The van der Waals surface area contributed by atoms with E-state index in [4.69, 9.17) is 11.6 Å². The highest BCUT2D eigenvalue weighted by Gasteiger charge is 2.15. The van der Waals surface area contributed by atoms with Crippen molar-refractivity contribution < 1.29 is 4.79 Å². The van der Waals surface area contributed by atoms with Crippen LogP contribution in [0, 0.1) is 0 Å². The monoisotopic (exact) mass is 433 g/mol. The fraction of sp³-hybridized carbons (Fsp3) is 0. The second-order valence-corrected chi connectivity index (χ2v) is 8.02. The fourth-order valence-corrected chi connectivity index (χ4v) is 4.17. The van der Waals surface area contributed by atoms with Crippen LogP contribution in [0.5, 0.6) is 0 Å². The number of hydrogen-bond donors (Lipinski definition) is 1. The van der Waals surface area contributed by atoms with Gasteiger partial charge in [-0.2, -0.15) is 0 Å². The van der Waals surface area contributed by atoms with E-state index in [1.165, 1.54) is 0 Å². The molecule has 5 aromatic rings. The van der Waals surface area contributed by atoms with Gasteiger partial charge in [-0.1, -0.05) is 103 Å². The number of anilines is 1. The SMILES string of the molecule is O=C(Nc1ccccc1-c1ccccc1-c1ccc(Cl)cc1)c1cccc2ccccc12. The lowest BCUT2D eigenvalue weighted by molar-refractivity contribution is 0.102. The van der Waals surface area contributed by atoms with Crippen LogP contribution in [0.15, 0.2) is 115 Å². The zero-order valence-corrected chi connectivity index (χ0v) is 18.0. The highest BCUT2D eigenvalue weighted by atomic mass is 35.5. The summed E-state index contributed by atoms with van der Waals surface area (Å²) in [5, 5.41) is 5.83. The van der Waals surface area contributed by atoms with Gasteiger partial charge in [-0.15, -0.1) is 0 Å². The van der Waals surface area contributed by atoms with Crippen molar-refractivity contribution in [3.8, 4) is 22.3 Å². The predicted octanol–water partition coefficient (Wildman–Crippen LogP) is 8.08. The summed E-state index contributed by atoms with van der Waals surface area (Å²) in [7, 11) is 0. The van der Waals surface area contributed by atoms with E-state index in [-0.39, 0.29) is 5.91 Å². The molecule has 0 heterocycles. The maximum Gasteiger partial charge on any atom is 0.256 e. The molecule has 5 aromatic carbocycles.